The van der Waals surface area contributed by atoms with Gasteiger partial charge in [0.15, 0.2) is 0 Å². The highest BCUT2D eigenvalue weighted by molar-refractivity contribution is 5.91. The van der Waals surface area contributed by atoms with Gasteiger partial charge in [-0.25, -0.2) is 4.79 Å². The monoisotopic (exact) mass is 348 g/mol. The van der Waals surface area contributed by atoms with E-state index in [0.717, 1.165) is 18.5 Å². The molecule has 5 heteroatoms. The smallest absolute Gasteiger partial charge is 0.410 e. The topological polar surface area (TPSA) is 49.9 Å². The highest BCUT2D eigenvalue weighted by Crippen LogP contribution is 2.24. The summed E-state index contributed by atoms with van der Waals surface area (Å²) in [6, 6.07) is 9.55. The number of carbonyl (C=O) groups is 2. The number of ether oxygens (including phenoxy) is 1. The van der Waals surface area contributed by atoms with Crippen molar-refractivity contribution >= 4 is 17.7 Å². The number of anilines is 1. The molecule has 1 fully saturated rings. The molecule has 1 aromatic carbocycles. The first kappa shape index (κ1) is 21.0. The third-order valence-electron chi connectivity index (χ3n) is 3.85. The molecule has 1 atom stereocenters. The molecule has 140 valence electrons. The number of carbonyl (C=O) groups excluding carboxylic acids is 2. The molecule has 0 bridgehead atoms. The fraction of sp³-hybridized carbons (Fsp3) is 0.600. The normalized spacial score (nSPS) is 16.7. The standard InChI is InChI=1S/C18H26N2O3.C2H6/c1-14(21)20(15-9-6-5-7-10-15)13-16-11-8-12-19(16)17(22)23-18(2,3)4;1-2/h5-7,9-10,16H,8,11-13H2,1-4H3;1-2H3/t16-;/m0./s1. The lowest BCUT2D eigenvalue weighted by Crippen LogP contribution is -2.46. The summed E-state index contributed by atoms with van der Waals surface area (Å²) in [6.07, 6.45) is 1.52. The Balaban J connectivity index is 0.00000151. The first-order valence-corrected chi connectivity index (χ1v) is 9.11. The van der Waals surface area contributed by atoms with Crippen molar-refractivity contribution in [3.63, 3.8) is 0 Å². The van der Waals surface area contributed by atoms with Crippen LogP contribution in [0.4, 0.5) is 10.5 Å². The minimum absolute atomic E-state index is 0.00560. The van der Waals surface area contributed by atoms with Crippen molar-refractivity contribution in [1.29, 1.82) is 0 Å². The van der Waals surface area contributed by atoms with Crippen molar-refractivity contribution in [1.82, 2.24) is 4.90 Å². The van der Waals surface area contributed by atoms with Gasteiger partial charge >= 0.3 is 6.09 Å². The Hall–Kier alpha value is -2.04. The molecule has 0 radical (unpaired) electrons. The van der Waals surface area contributed by atoms with E-state index in [0.29, 0.717) is 13.1 Å². The third-order valence-corrected chi connectivity index (χ3v) is 3.85. The van der Waals surface area contributed by atoms with Gasteiger partial charge in [0, 0.05) is 25.7 Å². The van der Waals surface area contributed by atoms with Crippen molar-refractivity contribution in [2.45, 2.75) is 66.0 Å². The first-order valence-electron chi connectivity index (χ1n) is 9.11. The maximum atomic E-state index is 12.4. The van der Waals surface area contributed by atoms with Crippen molar-refractivity contribution in [3.8, 4) is 0 Å². The third kappa shape index (κ3) is 6.40. The SMILES string of the molecule is CC.CC(=O)N(C[C@@H]1CCCN1C(=O)OC(C)(C)C)c1ccccc1. The van der Waals surface area contributed by atoms with Gasteiger partial charge in [-0.2, -0.15) is 0 Å². The second kappa shape index (κ2) is 9.44. The van der Waals surface area contributed by atoms with E-state index in [1.165, 1.54) is 0 Å². The predicted molar refractivity (Wildman–Crippen MR) is 102 cm³/mol. The minimum Gasteiger partial charge on any atom is -0.444 e. The van der Waals surface area contributed by atoms with Crippen LogP contribution in [0.5, 0.6) is 0 Å². The zero-order valence-corrected chi connectivity index (χ0v) is 16.4. The summed E-state index contributed by atoms with van der Waals surface area (Å²) in [4.78, 5) is 27.9. The van der Waals surface area contributed by atoms with E-state index in [1.54, 1.807) is 16.7 Å². The molecule has 0 saturated carbocycles. The first-order chi connectivity index (χ1) is 11.8. The summed E-state index contributed by atoms with van der Waals surface area (Å²) < 4.78 is 5.48. The van der Waals surface area contributed by atoms with Gasteiger partial charge in [0.25, 0.3) is 0 Å². The Kier molecular flexibility index (Phi) is 7.94. The van der Waals surface area contributed by atoms with Crippen LogP contribution in [-0.4, -0.2) is 41.6 Å². The van der Waals surface area contributed by atoms with Crippen molar-refractivity contribution < 1.29 is 14.3 Å². The Morgan fingerprint density at radius 1 is 1.20 bits per heavy atom. The fourth-order valence-electron chi connectivity index (χ4n) is 2.82. The Morgan fingerprint density at radius 2 is 1.80 bits per heavy atom. The van der Waals surface area contributed by atoms with Gasteiger partial charge in [-0.05, 0) is 45.7 Å². The van der Waals surface area contributed by atoms with Crippen LogP contribution in [-0.2, 0) is 9.53 Å². The second-order valence-electron chi connectivity index (χ2n) is 6.93. The number of hydrogen-bond acceptors (Lipinski definition) is 3. The molecule has 0 N–H and O–H groups in total. The van der Waals surface area contributed by atoms with Gasteiger partial charge in [-0.1, -0.05) is 32.0 Å². The van der Waals surface area contributed by atoms with Crippen molar-refractivity contribution in [2.75, 3.05) is 18.0 Å². The van der Waals surface area contributed by atoms with Crippen molar-refractivity contribution in [2.24, 2.45) is 0 Å². The van der Waals surface area contributed by atoms with E-state index in [-0.39, 0.29) is 18.0 Å². The molecular formula is C20H32N2O3. The molecule has 1 aliphatic heterocycles. The van der Waals surface area contributed by atoms with Gasteiger partial charge in [0.2, 0.25) is 5.91 Å². The van der Waals surface area contributed by atoms with Crippen molar-refractivity contribution in [3.05, 3.63) is 30.3 Å². The number of amides is 2. The van der Waals surface area contributed by atoms with Crippen LogP contribution in [0, 0.1) is 0 Å². The van der Waals surface area contributed by atoms with Gasteiger partial charge in [-0.15, -0.1) is 0 Å². The lowest BCUT2D eigenvalue weighted by atomic mass is 10.2. The van der Waals surface area contributed by atoms with Crippen LogP contribution in [0.3, 0.4) is 0 Å². The molecule has 0 spiro atoms. The predicted octanol–water partition coefficient (Wildman–Crippen LogP) is 4.47. The molecule has 1 saturated heterocycles. The molecule has 0 aromatic heterocycles. The van der Waals surface area contributed by atoms with Gasteiger partial charge in [0.1, 0.15) is 5.60 Å². The summed E-state index contributed by atoms with van der Waals surface area (Å²) in [6.45, 7) is 12.3. The van der Waals surface area contributed by atoms with Crippen LogP contribution in [0.1, 0.15) is 54.4 Å². The Bertz CT molecular complexity index is 552. The molecule has 0 unspecified atom stereocenters. The minimum atomic E-state index is -0.510. The number of para-hydroxylation sites is 1. The number of nitrogens with zero attached hydrogens (tertiary/aromatic N) is 2. The lowest BCUT2D eigenvalue weighted by Gasteiger charge is -2.32. The molecule has 5 nitrogen and oxygen atoms in total. The van der Waals surface area contributed by atoms with E-state index in [1.807, 2.05) is 65.0 Å². The van der Waals surface area contributed by atoms with Gasteiger partial charge in [-0.3, -0.25) is 4.79 Å². The van der Waals surface area contributed by atoms with Gasteiger partial charge < -0.3 is 14.5 Å². The van der Waals surface area contributed by atoms with E-state index >= 15 is 0 Å². The van der Waals surface area contributed by atoms with Crippen LogP contribution in [0.2, 0.25) is 0 Å². The Morgan fingerprint density at radius 3 is 2.32 bits per heavy atom. The number of likely N-dealkylation sites (tertiary alicyclic amines) is 1. The Labute approximate surface area is 151 Å². The molecule has 25 heavy (non-hydrogen) atoms. The second-order valence-corrected chi connectivity index (χ2v) is 6.93. The highest BCUT2D eigenvalue weighted by atomic mass is 16.6. The molecule has 1 heterocycles. The average molecular weight is 348 g/mol. The maximum absolute atomic E-state index is 12.4. The molecule has 1 aromatic rings. The number of rotatable bonds is 3. The molecular weight excluding hydrogens is 316 g/mol. The van der Waals surface area contributed by atoms with Gasteiger partial charge in [0.05, 0.1) is 6.04 Å². The molecule has 2 rings (SSSR count). The summed E-state index contributed by atoms with van der Waals surface area (Å²) in [5, 5.41) is 0. The number of benzene rings is 1. The zero-order chi connectivity index (χ0) is 19.0. The van der Waals surface area contributed by atoms with Crippen LogP contribution in [0.25, 0.3) is 0 Å². The average Bonchev–Trinajstić information content (AvgIpc) is 3.02. The zero-order valence-electron chi connectivity index (χ0n) is 16.4. The van der Waals surface area contributed by atoms with E-state index in [9.17, 15) is 9.59 Å². The van der Waals surface area contributed by atoms with Crippen LogP contribution < -0.4 is 4.90 Å². The molecule has 1 aliphatic rings. The summed E-state index contributed by atoms with van der Waals surface area (Å²) in [5.74, 6) is -0.0211. The fourth-order valence-corrected chi connectivity index (χ4v) is 2.82. The summed E-state index contributed by atoms with van der Waals surface area (Å²) >= 11 is 0. The van der Waals surface area contributed by atoms with Crippen LogP contribution >= 0.6 is 0 Å². The molecule has 0 aliphatic carbocycles. The number of hydrogen-bond donors (Lipinski definition) is 0. The molecule has 2 amide bonds. The van der Waals surface area contributed by atoms with E-state index in [4.69, 9.17) is 4.74 Å². The van der Waals surface area contributed by atoms with E-state index < -0.39 is 5.60 Å². The highest BCUT2D eigenvalue weighted by Gasteiger charge is 2.33. The van der Waals surface area contributed by atoms with Crippen LogP contribution in [0.15, 0.2) is 30.3 Å². The van der Waals surface area contributed by atoms with E-state index in [2.05, 4.69) is 0 Å². The lowest BCUT2D eigenvalue weighted by molar-refractivity contribution is -0.116. The summed E-state index contributed by atoms with van der Waals surface area (Å²) in [7, 11) is 0. The summed E-state index contributed by atoms with van der Waals surface area (Å²) in [5.41, 5.74) is 0.347. The maximum Gasteiger partial charge on any atom is 0.410 e. The largest absolute Gasteiger partial charge is 0.444 e. The quantitative estimate of drug-likeness (QED) is 0.810.